The van der Waals surface area contributed by atoms with E-state index in [1.54, 1.807) is 7.11 Å². The van der Waals surface area contributed by atoms with Gasteiger partial charge >= 0.3 is 0 Å². The maximum Gasteiger partial charge on any atom is 0.253 e. The van der Waals surface area contributed by atoms with Crippen molar-refractivity contribution in [3.8, 4) is 0 Å². The molecule has 1 amide bonds. The van der Waals surface area contributed by atoms with Crippen molar-refractivity contribution in [2.45, 2.75) is 25.8 Å². The molecule has 4 nitrogen and oxygen atoms in total. The summed E-state index contributed by atoms with van der Waals surface area (Å²) in [7, 11) is 1.63. The van der Waals surface area contributed by atoms with Crippen LogP contribution in [-0.2, 0) is 4.74 Å². The van der Waals surface area contributed by atoms with Crippen LogP contribution in [0.2, 0.25) is 5.15 Å². The minimum Gasteiger partial charge on any atom is -0.383 e. The second-order valence-electron chi connectivity index (χ2n) is 4.92. The molecule has 0 radical (unpaired) electrons. The van der Waals surface area contributed by atoms with E-state index in [1.165, 1.54) is 6.20 Å². The van der Waals surface area contributed by atoms with Crippen molar-refractivity contribution in [2.24, 2.45) is 0 Å². The fourth-order valence-corrected chi connectivity index (χ4v) is 2.56. The average Bonchev–Trinajstić information content (AvgIpc) is 2.48. The predicted molar refractivity (Wildman–Crippen MR) is 84.8 cm³/mol. The Labute approximate surface area is 129 Å². The highest BCUT2D eigenvalue weighted by Crippen LogP contribution is 2.24. The number of hydrogen-bond donors (Lipinski definition) is 1. The van der Waals surface area contributed by atoms with E-state index in [-0.39, 0.29) is 11.9 Å². The maximum atomic E-state index is 12.5. The van der Waals surface area contributed by atoms with Crippen LogP contribution >= 0.6 is 11.6 Å². The third-order valence-corrected chi connectivity index (χ3v) is 3.63. The predicted octanol–water partition coefficient (Wildman–Crippen LogP) is 3.43. The molecule has 1 aromatic carbocycles. The van der Waals surface area contributed by atoms with Crippen molar-refractivity contribution in [3.63, 3.8) is 0 Å². The lowest BCUT2D eigenvalue weighted by atomic mass is 10.1. The molecule has 2 aromatic rings. The number of amides is 1. The number of nitrogens with zero attached hydrogens (tertiary/aromatic N) is 1. The summed E-state index contributed by atoms with van der Waals surface area (Å²) in [4.78, 5) is 16.6. The topological polar surface area (TPSA) is 51.2 Å². The van der Waals surface area contributed by atoms with Crippen molar-refractivity contribution < 1.29 is 9.53 Å². The zero-order valence-electron chi connectivity index (χ0n) is 12.2. The van der Waals surface area contributed by atoms with Gasteiger partial charge in [-0.05, 0) is 11.8 Å². The van der Waals surface area contributed by atoms with Crippen LogP contribution in [0.3, 0.4) is 0 Å². The summed E-state index contributed by atoms with van der Waals surface area (Å²) in [6.07, 6.45) is 3.38. The number of ether oxygens (including phenoxy) is 1. The molecule has 0 fully saturated rings. The van der Waals surface area contributed by atoms with Gasteiger partial charge in [0.2, 0.25) is 0 Å². The van der Waals surface area contributed by atoms with Gasteiger partial charge in [0.1, 0.15) is 5.15 Å². The van der Waals surface area contributed by atoms with Crippen LogP contribution in [0.15, 0.2) is 30.5 Å². The number of methoxy groups -OCH3 is 1. The standard InChI is InChI=1S/C16H19ClN2O2/c1-3-6-11(10-21-2)19-16(20)14-9-18-15(17)13-8-5-4-7-12(13)14/h4-5,7-9,11H,3,6,10H2,1-2H3,(H,19,20). The third-order valence-electron chi connectivity index (χ3n) is 3.33. The first-order chi connectivity index (χ1) is 10.2. The molecule has 1 atom stereocenters. The number of carbonyl (C=O) groups is 1. The zero-order valence-corrected chi connectivity index (χ0v) is 13.0. The average molecular weight is 307 g/mol. The second-order valence-corrected chi connectivity index (χ2v) is 5.28. The van der Waals surface area contributed by atoms with Crippen LogP contribution in [0.25, 0.3) is 10.8 Å². The van der Waals surface area contributed by atoms with Crippen molar-refractivity contribution in [1.29, 1.82) is 0 Å². The highest BCUT2D eigenvalue weighted by atomic mass is 35.5. The zero-order chi connectivity index (χ0) is 15.2. The molecule has 1 N–H and O–H groups in total. The van der Waals surface area contributed by atoms with E-state index < -0.39 is 0 Å². The maximum absolute atomic E-state index is 12.5. The van der Waals surface area contributed by atoms with Gasteiger partial charge in [-0.2, -0.15) is 0 Å². The summed E-state index contributed by atoms with van der Waals surface area (Å²) in [6, 6.07) is 7.50. The summed E-state index contributed by atoms with van der Waals surface area (Å²) in [6.45, 7) is 2.58. The van der Waals surface area contributed by atoms with Crippen LogP contribution < -0.4 is 5.32 Å². The minimum atomic E-state index is -0.147. The Bertz CT molecular complexity index is 625. The lowest BCUT2D eigenvalue weighted by Gasteiger charge is -2.17. The number of fused-ring (bicyclic) bond motifs is 1. The van der Waals surface area contributed by atoms with E-state index in [0.717, 1.165) is 23.6 Å². The van der Waals surface area contributed by atoms with Crippen LogP contribution in [-0.4, -0.2) is 30.6 Å². The third kappa shape index (κ3) is 3.71. The van der Waals surface area contributed by atoms with E-state index in [9.17, 15) is 4.79 Å². The Hall–Kier alpha value is -1.65. The van der Waals surface area contributed by atoms with Gasteiger partial charge in [-0.25, -0.2) is 4.98 Å². The van der Waals surface area contributed by atoms with E-state index in [4.69, 9.17) is 16.3 Å². The highest BCUT2D eigenvalue weighted by Gasteiger charge is 2.16. The molecule has 2 rings (SSSR count). The number of hydrogen-bond acceptors (Lipinski definition) is 3. The normalized spacial score (nSPS) is 12.3. The lowest BCUT2D eigenvalue weighted by molar-refractivity contribution is 0.0893. The number of benzene rings is 1. The smallest absolute Gasteiger partial charge is 0.253 e. The Morgan fingerprint density at radius 2 is 2.10 bits per heavy atom. The van der Waals surface area contributed by atoms with Crippen LogP contribution in [0, 0.1) is 0 Å². The quantitative estimate of drug-likeness (QED) is 0.832. The van der Waals surface area contributed by atoms with E-state index >= 15 is 0 Å². The van der Waals surface area contributed by atoms with Crippen LogP contribution in [0.1, 0.15) is 30.1 Å². The van der Waals surface area contributed by atoms with Crippen molar-refractivity contribution in [3.05, 3.63) is 41.2 Å². The second kappa shape index (κ2) is 7.38. The molecule has 0 aliphatic rings. The molecule has 0 aliphatic carbocycles. The van der Waals surface area contributed by atoms with Crippen molar-refractivity contribution >= 4 is 28.3 Å². The molecule has 0 aliphatic heterocycles. The van der Waals surface area contributed by atoms with Gasteiger partial charge in [0.15, 0.2) is 0 Å². The van der Waals surface area contributed by atoms with E-state index in [1.807, 2.05) is 24.3 Å². The fourth-order valence-electron chi connectivity index (χ4n) is 2.35. The Kier molecular flexibility index (Phi) is 5.53. The first-order valence-electron chi connectivity index (χ1n) is 7.00. The van der Waals surface area contributed by atoms with Crippen molar-refractivity contribution in [2.75, 3.05) is 13.7 Å². The molecule has 0 bridgehead atoms. The van der Waals surface area contributed by atoms with Gasteiger partial charge in [0.25, 0.3) is 5.91 Å². The molecule has 0 saturated carbocycles. The fraction of sp³-hybridized carbons (Fsp3) is 0.375. The van der Waals surface area contributed by atoms with E-state index in [2.05, 4.69) is 17.2 Å². The largest absolute Gasteiger partial charge is 0.383 e. The Morgan fingerprint density at radius 3 is 2.76 bits per heavy atom. The molecule has 112 valence electrons. The minimum absolute atomic E-state index is 0.00180. The SMILES string of the molecule is CCCC(COC)NC(=O)c1cnc(Cl)c2ccccc12. The first kappa shape index (κ1) is 15.7. The number of rotatable bonds is 6. The van der Waals surface area contributed by atoms with Crippen LogP contribution in [0.4, 0.5) is 0 Å². The number of nitrogens with one attached hydrogen (secondary N) is 1. The number of aromatic nitrogens is 1. The monoisotopic (exact) mass is 306 g/mol. The summed E-state index contributed by atoms with van der Waals surface area (Å²) >= 11 is 6.08. The first-order valence-corrected chi connectivity index (χ1v) is 7.38. The summed E-state index contributed by atoms with van der Waals surface area (Å²) in [5, 5.41) is 5.00. The highest BCUT2D eigenvalue weighted by molar-refractivity contribution is 6.34. The van der Waals surface area contributed by atoms with Gasteiger partial charge in [-0.15, -0.1) is 0 Å². The van der Waals surface area contributed by atoms with E-state index in [0.29, 0.717) is 17.3 Å². The molecule has 0 spiro atoms. The Morgan fingerprint density at radius 1 is 1.38 bits per heavy atom. The molecule has 1 aromatic heterocycles. The van der Waals surface area contributed by atoms with Gasteiger partial charge < -0.3 is 10.1 Å². The Balaban J connectivity index is 2.29. The summed E-state index contributed by atoms with van der Waals surface area (Å²) < 4.78 is 5.15. The molecular weight excluding hydrogens is 288 g/mol. The molecule has 1 heterocycles. The number of carbonyl (C=O) groups excluding carboxylic acids is 1. The van der Waals surface area contributed by atoms with Crippen LogP contribution in [0.5, 0.6) is 0 Å². The molecule has 1 unspecified atom stereocenters. The van der Waals surface area contributed by atoms with Gasteiger partial charge in [-0.1, -0.05) is 49.2 Å². The van der Waals surface area contributed by atoms with Gasteiger partial charge in [0.05, 0.1) is 18.2 Å². The van der Waals surface area contributed by atoms with Crippen molar-refractivity contribution in [1.82, 2.24) is 10.3 Å². The number of halogens is 1. The lowest BCUT2D eigenvalue weighted by Crippen LogP contribution is -2.38. The molecule has 5 heteroatoms. The van der Waals surface area contributed by atoms with Gasteiger partial charge in [0, 0.05) is 18.7 Å². The summed E-state index contributed by atoms with van der Waals surface area (Å²) in [5.41, 5.74) is 0.534. The summed E-state index contributed by atoms with van der Waals surface area (Å²) in [5.74, 6) is -0.147. The number of pyridine rings is 1. The molecular formula is C16H19ClN2O2. The molecule has 21 heavy (non-hydrogen) atoms. The molecule has 0 saturated heterocycles. The van der Waals surface area contributed by atoms with Gasteiger partial charge in [-0.3, -0.25) is 4.79 Å².